The van der Waals surface area contributed by atoms with E-state index in [1.807, 2.05) is 0 Å². The zero-order valence-electron chi connectivity index (χ0n) is 4.92. The molecule has 0 aromatic heterocycles. The Balaban J connectivity index is 3.73. The maximum atomic E-state index is 10.1. The van der Waals surface area contributed by atoms with Crippen molar-refractivity contribution in [3.63, 3.8) is 0 Å². The van der Waals surface area contributed by atoms with E-state index in [0.29, 0.717) is 0 Å². The van der Waals surface area contributed by atoms with Gasteiger partial charge in [0.2, 0.25) is 6.10 Å². The molecular weight excluding hydrogens is 120 g/mol. The van der Waals surface area contributed by atoms with Crippen LogP contribution in [0.25, 0.3) is 0 Å². The van der Waals surface area contributed by atoms with Gasteiger partial charge in [-0.3, -0.25) is 4.79 Å². The topological polar surface area (TPSA) is 73.9 Å². The van der Waals surface area contributed by atoms with E-state index in [2.05, 4.69) is 4.74 Å². The number of nitrogens with zero attached hydrogens (tertiary/aromatic N) is 1. The van der Waals surface area contributed by atoms with E-state index in [1.165, 1.54) is 6.92 Å². The van der Waals surface area contributed by atoms with Crippen LogP contribution in [-0.2, 0) is 9.53 Å². The molecule has 1 atom stereocenters. The third-order valence-electron chi connectivity index (χ3n) is 0.572. The smallest absolute Gasteiger partial charge is 0.304 e. The summed E-state index contributed by atoms with van der Waals surface area (Å²) in [6.45, 7) is 1.19. The molecule has 0 rings (SSSR count). The predicted octanol–water partition coefficient (Wildman–Crippen LogP) is 0.0912. The van der Waals surface area contributed by atoms with Crippen molar-refractivity contribution in [3.8, 4) is 6.07 Å². The number of hydrogen-bond acceptors (Lipinski definition) is 4. The first-order valence-corrected chi connectivity index (χ1v) is 2.28. The molecule has 4 nitrogen and oxygen atoms in total. The average molecular weight is 126 g/mol. The van der Waals surface area contributed by atoms with Gasteiger partial charge in [0.05, 0.1) is 6.21 Å². The molecule has 0 saturated heterocycles. The quantitative estimate of drug-likeness (QED) is 0.421. The van der Waals surface area contributed by atoms with Gasteiger partial charge in [-0.25, -0.2) is 0 Å². The van der Waals surface area contributed by atoms with Gasteiger partial charge in [-0.1, -0.05) is 0 Å². The fraction of sp³-hybridized carbons (Fsp3) is 0.400. The predicted molar refractivity (Wildman–Crippen MR) is 30.0 cm³/mol. The third-order valence-corrected chi connectivity index (χ3v) is 0.572. The number of hydrogen-bond donors (Lipinski definition) is 1. The van der Waals surface area contributed by atoms with Crippen molar-refractivity contribution in [1.82, 2.24) is 0 Å². The van der Waals surface area contributed by atoms with Crippen LogP contribution in [-0.4, -0.2) is 18.3 Å². The molecule has 0 radical (unpaired) electrons. The van der Waals surface area contributed by atoms with Gasteiger partial charge in [0, 0.05) is 6.92 Å². The van der Waals surface area contributed by atoms with Crippen LogP contribution in [0.4, 0.5) is 0 Å². The Labute approximate surface area is 52.6 Å². The van der Waals surface area contributed by atoms with E-state index in [-0.39, 0.29) is 0 Å². The van der Waals surface area contributed by atoms with Crippen LogP contribution >= 0.6 is 0 Å². The highest BCUT2D eigenvalue weighted by molar-refractivity contribution is 5.72. The minimum atomic E-state index is -1.03. The highest BCUT2D eigenvalue weighted by atomic mass is 16.5. The fourth-order valence-electron chi connectivity index (χ4n) is 0.276. The summed E-state index contributed by atoms with van der Waals surface area (Å²) in [7, 11) is 0. The Hall–Kier alpha value is -1.37. The second-order valence-corrected chi connectivity index (χ2v) is 1.33. The zero-order chi connectivity index (χ0) is 7.28. The Morgan fingerprint density at radius 2 is 2.56 bits per heavy atom. The Morgan fingerprint density at radius 3 is 2.67 bits per heavy atom. The summed E-state index contributed by atoms with van der Waals surface area (Å²) >= 11 is 0. The molecule has 0 aromatic carbocycles. The molecule has 0 aliphatic rings. The van der Waals surface area contributed by atoms with E-state index in [9.17, 15) is 4.79 Å². The monoisotopic (exact) mass is 126 g/mol. The molecule has 0 aliphatic heterocycles. The molecule has 0 amide bonds. The standard InChI is InChI=1S/C5H6N2O2/c1-4(8)9-5(2-6)3-7/h2,5-6H,1H3. The van der Waals surface area contributed by atoms with Crippen LogP contribution in [0, 0.1) is 16.7 Å². The van der Waals surface area contributed by atoms with E-state index in [4.69, 9.17) is 10.7 Å². The minimum Gasteiger partial charge on any atom is -0.441 e. The lowest BCUT2D eigenvalue weighted by molar-refractivity contribution is -0.141. The largest absolute Gasteiger partial charge is 0.441 e. The summed E-state index contributed by atoms with van der Waals surface area (Å²) < 4.78 is 4.31. The third kappa shape index (κ3) is 3.23. The first kappa shape index (κ1) is 7.63. The first-order chi connectivity index (χ1) is 4.20. The van der Waals surface area contributed by atoms with Crippen LogP contribution in [0.15, 0.2) is 0 Å². The second-order valence-electron chi connectivity index (χ2n) is 1.33. The maximum absolute atomic E-state index is 10.1. The van der Waals surface area contributed by atoms with Crippen molar-refractivity contribution in [2.24, 2.45) is 0 Å². The van der Waals surface area contributed by atoms with Crippen molar-refractivity contribution in [2.45, 2.75) is 13.0 Å². The van der Waals surface area contributed by atoms with Crippen LogP contribution in [0.2, 0.25) is 0 Å². The van der Waals surface area contributed by atoms with Gasteiger partial charge >= 0.3 is 5.97 Å². The van der Waals surface area contributed by atoms with Crippen LogP contribution in [0.5, 0.6) is 0 Å². The number of nitrogens with one attached hydrogen (secondary N) is 1. The molecule has 0 fully saturated rings. The Morgan fingerprint density at radius 1 is 2.00 bits per heavy atom. The molecule has 0 aromatic rings. The van der Waals surface area contributed by atoms with Gasteiger partial charge in [0.15, 0.2) is 0 Å². The number of ether oxygens (including phenoxy) is 1. The fourth-order valence-corrected chi connectivity index (χ4v) is 0.276. The number of carbonyl (C=O) groups is 1. The second kappa shape index (κ2) is 3.61. The van der Waals surface area contributed by atoms with Crippen molar-refractivity contribution in [1.29, 1.82) is 10.7 Å². The highest BCUT2D eigenvalue weighted by Crippen LogP contribution is 1.84. The number of carbonyl (C=O) groups excluding carboxylic acids is 1. The molecular formula is C5H6N2O2. The summed E-state index contributed by atoms with van der Waals surface area (Å²) in [6.07, 6.45) is -0.260. The Kier molecular flexibility index (Phi) is 3.06. The van der Waals surface area contributed by atoms with Gasteiger partial charge in [-0.15, -0.1) is 0 Å². The summed E-state index contributed by atoms with van der Waals surface area (Å²) in [5.41, 5.74) is 0. The molecule has 0 heterocycles. The van der Waals surface area contributed by atoms with Crippen LogP contribution in [0.1, 0.15) is 6.92 Å². The lowest BCUT2D eigenvalue weighted by Crippen LogP contribution is -2.14. The van der Waals surface area contributed by atoms with Crippen molar-refractivity contribution in [3.05, 3.63) is 0 Å². The number of nitriles is 1. The van der Waals surface area contributed by atoms with E-state index >= 15 is 0 Å². The highest BCUT2D eigenvalue weighted by Gasteiger charge is 2.03. The minimum absolute atomic E-state index is 0.551. The van der Waals surface area contributed by atoms with Crippen molar-refractivity contribution < 1.29 is 9.53 Å². The van der Waals surface area contributed by atoms with E-state index in [0.717, 1.165) is 6.21 Å². The van der Waals surface area contributed by atoms with E-state index < -0.39 is 12.1 Å². The SMILES string of the molecule is CC(=O)OC(C#N)C=N. The summed E-state index contributed by atoms with van der Waals surface area (Å²) in [4.78, 5) is 10.1. The maximum Gasteiger partial charge on any atom is 0.304 e. The molecule has 4 heteroatoms. The van der Waals surface area contributed by atoms with Gasteiger partial charge in [-0.2, -0.15) is 5.26 Å². The molecule has 1 unspecified atom stereocenters. The molecule has 1 N–H and O–H groups in total. The lowest BCUT2D eigenvalue weighted by atomic mass is 10.4. The molecule has 9 heavy (non-hydrogen) atoms. The van der Waals surface area contributed by atoms with Crippen molar-refractivity contribution in [2.75, 3.05) is 0 Å². The molecule has 0 bridgehead atoms. The van der Waals surface area contributed by atoms with Crippen molar-refractivity contribution >= 4 is 12.2 Å². The lowest BCUT2D eigenvalue weighted by Gasteiger charge is -1.99. The normalized spacial score (nSPS) is 11.1. The number of esters is 1. The van der Waals surface area contributed by atoms with Crippen LogP contribution in [0.3, 0.4) is 0 Å². The number of rotatable bonds is 2. The summed E-state index contributed by atoms with van der Waals surface area (Å²) in [5.74, 6) is -0.551. The average Bonchev–Trinajstić information content (AvgIpc) is 1.82. The molecule has 48 valence electrons. The molecule has 0 spiro atoms. The van der Waals surface area contributed by atoms with Gasteiger partial charge in [0.25, 0.3) is 0 Å². The van der Waals surface area contributed by atoms with Crippen LogP contribution < -0.4 is 0 Å². The first-order valence-electron chi connectivity index (χ1n) is 2.28. The van der Waals surface area contributed by atoms with Gasteiger partial charge in [0.1, 0.15) is 6.07 Å². The van der Waals surface area contributed by atoms with E-state index in [1.54, 1.807) is 6.07 Å². The Bertz CT molecular complexity index is 159. The van der Waals surface area contributed by atoms with Gasteiger partial charge in [-0.05, 0) is 0 Å². The summed E-state index contributed by atoms with van der Waals surface area (Å²) in [5, 5.41) is 14.6. The molecule has 0 saturated carbocycles. The zero-order valence-corrected chi connectivity index (χ0v) is 4.92. The van der Waals surface area contributed by atoms with Gasteiger partial charge < -0.3 is 10.1 Å². The summed E-state index contributed by atoms with van der Waals surface area (Å²) in [6, 6.07) is 1.60. The molecule has 0 aliphatic carbocycles.